The van der Waals surface area contributed by atoms with Crippen molar-refractivity contribution in [3.05, 3.63) is 53.6 Å². The highest BCUT2D eigenvalue weighted by Gasteiger charge is 2.19. The highest BCUT2D eigenvalue weighted by molar-refractivity contribution is 5.88. The lowest BCUT2D eigenvalue weighted by Crippen LogP contribution is -2.48. The topological polar surface area (TPSA) is 67.4 Å². The fourth-order valence-electron chi connectivity index (χ4n) is 2.37. The molecule has 0 saturated carbocycles. The van der Waals surface area contributed by atoms with Gasteiger partial charge in [-0.1, -0.05) is 29.9 Å². The highest BCUT2D eigenvalue weighted by atomic mass is 16.5. The molecule has 127 valence electrons. The third-order valence-electron chi connectivity index (χ3n) is 3.63. The Labute approximate surface area is 142 Å². The van der Waals surface area contributed by atoms with E-state index in [9.17, 15) is 9.59 Å². The van der Waals surface area contributed by atoms with E-state index < -0.39 is 6.04 Å². The number of allylic oxidation sites excluding steroid dienone is 2. The average Bonchev–Trinajstić information content (AvgIpc) is 2.53. The first-order valence-electron chi connectivity index (χ1n) is 7.98. The predicted octanol–water partition coefficient (Wildman–Crippen LogP) is 2.07. The number of ether oxygens (including phenoxy) is 1. The van der Waals surface area contributed by atoms with Crippen LogP contribution in [0.15, 0.2) is 42.0 Å². The average molecular weight is 327 g/mol. The quantitative estimate of drug-likeness (QED) is 0.840. The first kappa shape index (κ1) is 17.8. The van der Waals surface area contributed by atoms with Crippen molar-refractivity contribution in [1.29, 1.82) is 0 Å². The molecule has 2 amide bonds. The Kier molecular flexibility index (Phi) is 6.18. The molecule has 5 heteroatoms. The largest absolute Gasteiger partial charge is 0.484 e. The van der Waals surface area contributed by atoms with Crippen molar-refractivity contribution in [2.45, 2.75) is 39.3 Å². The standard InChI is InChI=1S/C19H23N2O3/c1-13-6-4-8-16(10-13)21-19(23)15(3)20-18(22)12-24-17-9-5-7-14(2)11-17/h5-9,11,15-16H,10,12H2,1-3H3,(H,20,22)(H,21,23)/t15-,16+/m0/s1. The molecular weight excluding hydrogens is 304 g/mol. The maximum atomic E-state index is 12.1. The van der Waals surface area contributed by atoms with Crippen LogP contribution in [0.2, 0.25) is 0 Å². The van der Waals surface area contributed by atoms with E-state index in [2.05, 4.69) is 16.7 Å². The molecule has 1 aliphatic carbocycles. The number of hydrogen-bond donors (Lipinski definition) is 2. The summed E-state index contributed by atoms with van der Waals surface area (Å²) in [5.74, 6) is 0.0741. The lowest BCUT2D eigenvalue weighted by Gasteiger charge is -2.21. The van der Waals surface area contributed by atoms with Crippen LogP contribution in [0.1, 0.15) is 25.8 Å². The lowest BCUT2D eigenvalue weighted by atomic mass is 10.0. The molecule has 1 radical (unpaired) electrons. The number of rotatable bonds is 6. The monoisotopic (exact) mass is 327 g/mol. The highest BCUT2D eigenvalue weighted by Crippen LogP contribution is 2.12. The van der Waals surface area contributed by atoms with Crippen LogP contribution in [0.3, 0.4) is 0 Å². The van der Waals surface area contributed by atoms with Crippen molar-refractivity contribution in [3.63, 3.8) is 0 Å². The minimum atomic E-state index is -0.627. The van der Waals surface area contributed by atoms with Crippen LogP contribution < -0.4 is 15.4 Å². The molecule has 1 aliphatic rings. The smallest absolute Gasteiger partial charge is 0.258 e. The van der Waals surface area contributed by atoms with Crippen LogP contribution in [0.25, 0.3) is 0 Å². The zero-order valence-electron chi connectivity index (χ0n) is 14.3. The first-order valence-corrected chi connectivity index (χ1v) is 7.98. The molecule has 0 bridgehead atoms. The van der Waals surface area contributed by atoms with Crippen molar-refractivity contribution in [1.82, 2.24) is 10.6 Å². The third-order valence-corrected chi connectivity index (χ3v) is 3.63. The normalized spacial score (nSPS) is 17.6. The fourth-order valence-corrected chi connectivity index (χ4v) is 2.37. The predicted molar refractivity (Wildman–Crippen MR) is 92.4 cm³/mol. The van der Waals surface area contributed by atoms with Crippen LogP contribution >= 0.6 is 0 Å². The van der Waals surface area contributed by atoms with Gasteiger partial charge >= 0.3 is 0 Å². The second kappa shape index (κ2) is 8.34. The fraction of sp³-hybridized carbons (Fsp3) is 0.368. The van der Waals surface area contributed by atoms with Crippen molar-refractivity contribution in [2.75, 3.05) is 6.61 Å². The summed E-state index contributed by atoms with van der Waals surface area (Å²) in [6.07, 6.45) is 7.48. The summed E-state index contributed by atoms with van der Waals surface area (Å²) in [7, 11) is 0. The van der Waals surface area contributed by atoms with Crippen LogP contribution in [0.5, 0.6) is 5.75 Å². The van der Waals surface area contributed by atoms with E-state index in [1.165, 1.54) is 0 Å². The summed E-state index contributed by atoms with van der Waals surface area (Å²) in [6.45, 7) is 5.47. The van der Waals surface area contributed by atoms with E-state index in [0.717, 1.165) is 17.6 Å². The Hall–Kier alpha value is -2.56. The molecular formula is C19H23N2O3. The van der Waals surface area contributed by atoms with Gasteiger partial charge < -0.3 is 15.4 Å². The maximum Gasteiger partial charge on any atom is 0.258 e. The lowest BCUT2D eigenvalue weighted by molar-refractivity contribution is -0.129. The van der Waals surface area contributed by atoms with E-state index in [1.54, 1.807) is 13.0 Å². The number of benzene rings is 1. The second-order valence-electron chi connectivity index (χ2n) is 6.04. The van der Waals surface area contributed by atoms with Crippen LogP contribution in [-0.4, -0.2) is 30.5 Å². The SMILES string of the molecule is CC1=C[C]=C[C@@H](NC(=O)[C@H](C)NC(=O)COc2cccc(C)c2)C1. The van der Waals surface area contributed by atoms with Gasteiger partial charge in [-0.15, -0.1) is 0 Å². The molecule has 0 fully saturated rings. The molecule has 0 aromatic heterocycles. The Bertz CT molecular complexity index is 664. The maximum absolute atomic E-state index is 12.1. The Morgan fingerprint density at radius 3 is 2.88 bits per heavy atom. The Morgan fingerprint density at radius 1 is 1.38 bits per heavy atom. The van der Waals surface area contributed by atoms with Gasteiger partial charge in [0.1, 0.15) is 11.8 Å². The first-order chi connectivity index (χ1) is 11.4. The second-order valence-corrected chi connectivity index (χ2v) is 6.04. The van der Waals surface area contributed by atoms with Gasteiger partial charge in [-0.3, -0.25) is 9.59 Å². The Morgan fingerprint density at radius 2 is 2.17 bits per heavy atom. The van der Waals surface area contributed by atoms with E-state index in [1.807, 2.05) is 44.2 Å². The van der Waals surface area contributed by atoms with Crippen molar-refractivity contribution < 1.29 is 14.3 Å². The molecule has 24 heavy (non-hydrogen) atoms. The van der Waals surface area contributed by atoms with Crippen molar-refractivity contribution in [3.8, 4) is 5.75 Å². The van der Waals surface area contributed by atoms with E-state index in [4.69, 9.17) is 4.74 Å². The van der Waals surface area contributed by atoms with Gasteiger partial charge in [-0.05, 0) is 51.0 Å². The minimum Gasteiger partial charge on any atom is -0.484 e. The molecule has 0 spiro atoms. The van der Waals surface area contributed by atoms with E-state index >= 15 is 0 Å². The molecule has 1 aromatic carbocycles. The van der Waals surface area contributed by atoms with Crippen LogP contribution in [0.4, 0.5) is 0 Å². The van der Waals surface area contributed by atoms with E-state index in [-0.39, 0.29) is 24.5 Å². The van der Waals surface area contributed by atoms with Crippen molar-refractivity contribution >= 4 is 11.8 Å². The molecule has 0 heterocycles. The minimum absolute atomic E-state index is 0.0783. The molecule has 0 saturated heterocycles. The molecule has 5 nitrogen and oxygen atoms in total. The van der Waals surface area contributed by atoms with Crippen molar-refractivity contribution in [2.24, 2.45) is 0 Å². The third kappa shape index (κ3) is 5.57. The van der Waals surface area contributed by atoms with Gasteiger partial charge in [0, 0.05) is 0 Å². The molecule has 1 aromatic rings. The summed E-state index contributed by atoms with van der Waals surface area (Å²) in [4.78, 5) is 24.1. The zero-order valence-corrected chi connectivity index (χ0v) is 14.3. The zero-order chi connectivity index (χ0) is 17.5. The number of carbonyl (C=O) groups is 2. The van der Waals surface area contributed by atoms with Gasteiger partial charge in [0.15, 0.2) is 6.61 Å². The summed E-state index contributed by atoms with van der Waals surface area (Å²) in [5, 5.41) is 5.52. The summed E-state index contributed by atoms with van der Waals surface area (Å²) in [6, 6.07) is 6.75. The molecule has 2 N–H and O–H groups in total. The number of amides is 2. The number of carbonyl (C=O) groups excluding carboxylic acids is 2. The van der Waals surface area contributed by atoms with Gasteiger partial charge in [0.05, 0.1) is 6.04 Å². The molecule has 0 unspecified atom stereocenters. The van der Waals surface area contributed by atoms with Crippen LogP contribution in [0, 0.1) is 13.0 Å². The van der Waals surface area contributed by atoms with Gasteiger partial charge in [0.2, 0.25) is 5.91 Å². The van der Waals surface area contributed by atoms with Gasteiger partial charge in [-0.2, -0.15) is 0 Å². The number of aryl methyl sites for hydroxylation is 1. The van der Waals surface area contributed by atoms with Gasteiger partial charge in [-0.25, -0.2) is 0 Å². The van der Waals surface area contributed by atoms with Crippen LogP contribution in [-0.2, 0) is 9.59 Å². The number of hydrogen-bond acceptors (Lipinski definition) is 3. The number of nitrogens with one attached hydrogen (secondary N) is 2. The Balaban J connectivity index is 1.75. The summed E-state index contributed by atoms with van der Waals surface area (Å²) in [5.41, 5.74) is 2.22. The van der Waals surface area contributed by atoms with Gasteiger partial charge in [0.25, 0.3) is 5.91 Å². The van der Waals surface area contributed by atoms with E-state index in [0.29, 0.717) is 5.75 Å². The summed E-state index contributed by atoms with van der Waals surface area (Å²) < 4.78 is 5.43. The molecule has 2 rings (SSSR count). The molecule has 2 atom stereocenters. The summed E-state index contributed by atoms with van der Waals surface area (Å²) >= 11 is 0. The molecule has 0 aliphatic heterocycles.